The Bertz CT molecular complexity index is 457. The first kappa shape index (κ1) is 18.5. The summed E-state index contributed by atoms with van der Waals surface area (Å²) in [6, 6.07) is 7.98. The van der Waals surface area contributed by atoms with E-state index in [4.69, 9.17) is 4.74 Å². The summed E-state index contributed by atoms with van der Waals surface area (Å²) in [5.74, 6) is 0.988. The number of benzene rings is 1. The number of ether oxygens (including phenoxy) is 1. The average molecular weight is 302 g/mol. The lowest BCUT2D eigenvalue weighted by atomic mass is 10.1. The van der Waals surface area contributed by atoms with Crippen LogP contribution in [0.5, 0.6) is 5.75 Å². The van der Waals surface area contributed by atoms with Crippen LogP contribution in [0, 0.1) is 0 Å². The molecule has 0 heterocycles. The number of carbonyl (C=O) groups is 1. The molecule has 2 nitrogen and oxygen atoms in total. The Labute approximate surface area is 135 Å². The zero-order valence-corrected chi connectivity index (χ0v) is 14.4. The number of unbranched alkanes of at least 4 members (excludes halogenated alkanes) is 6. The molecule has 0 unspecified atom stereocenters. The highest BCUT2D eigenvalue weighted by atomic mass is 16.5. The standard InChI is InChI=1S/C20H30O2/c1-4-5-6-7-8-9-10-15-22-20-13-11-19(12-14-20)17(2)16-18(3)21/h11-14,16H,4-10,15H2,1-3H3/b17-16+. The highest BCUT2D eigenvalue weighted by Gasteiger charge is 1.99. The minimum Gasteiger partial charge on any atom is -0.494 e. The van der Waals surface area contributed by atoms with Crippen LogP contribution in [-0.2, 0) is 4.79 Å². The van der Waals surface area contributed by atoms with E-state index in [9.17, 15) is 4.79 Å². The highest BCUT2D eigenvalue weighted by Crippen LogP contribution is 2.19. The summed E-state index contributed by atoms with van der Waals surface area (Å²) in [5.41, 5.74) is 2.06. The maximum Gasteiger partial charge on any atom is 0.152 e. The fourth-order valence-corrected chi connectivity index (χ4v) is 2.45. The van der Waals surface area contributed by atoms with E-state index in [1.165, 1.54) is 38.5 Å². The Balaban J connectivity index is 2.23. The van der Waals surface area contributed by atoms with Crippen LogP contribution < -0.4 is 4.74 Å². The van der Waals surface area contributed by atoms with E-state index in [0.29, 0.717) is 0 Å². The molecule has 0 saturated heterocycles. The van der Waals surface area contributed by atoms with Crippen molar-refractivity contribution in [1.29, 1.82) is 0 Å². The predicted octanol–water partition coefficient (Wildman–Crippen LogP) is 5.81. The van der Waals surface area contributed by atoms with Crippen LogP contribution in [0.4, 0.5) is 0 Å². The van der Waals surface area contributed by atoms with Gasteiger partial charge in [0.15, 0.2) is 5.78 Å². The number of allylic oxidation sites excluding steroid dienone is 2. The monoisotopic (exact) mass is 302 g/mol. The van der Waals surface area contributed by atoms with Crippen molar-refractivity contribution in [3.05, 3.63) is 35.9 Å². The maximum atomic E-state index is 11.1. The topological polar surface area (TPSA) is 26.3 Å². The Morgan fingerprint density at radius 3 is 2.14 bits per heavy atom. The first-order valence-corrected chi connectivity index (χ1v) is 8.55. The van der Waals surface area contributed by atoms with Gasteiger partial charge in [0.1, 0.15) is 5.75 Å². The van der Waals surface area contributed by atoms with Gasteiger partial charge >= 0.3 is 0 Å². The summed E-state index contributed by atoms with van der Waals surface area (Å²) < 4.78 is 5.76. The van der Waals surface area contributed by atoms with Gasteiger partial charge in [0, 0.05) is 0 Å². The molecule has 0 N–H and O–H groups in total. The molecule has 0 aliphatic rings. The van der Waals surface area contributed by atoms with Crippen molar-refractivity contribution >= 4 is 11.4 Å². The summed E-state index contributed by atoms with van der Waals surface area (Å²) in [7, 11) is 0. The first-order valence-electron chi connectivity index (χ1n) is 8.55. The van der Waals surface area contributed by atoms with Gasteiger partial charge in [0.25, 0.3) is 0 Å². The summed E-state index contributed by atoms with van der Waals surface area (Å²) >= 11 is 0. The van der Waals surface area contributed by atoms with Crippen molar-refractivity contribution < 1.29 is 9.53 Å². The van der Waals surface area contributed by atoms with Crippen molar-refractivity contribution in [1.82, 2.24) is 0 Å². The van der Waals surface area contributed by atoms with E-state index in [-0.39, 0.29) is 5.78 Å². The molecule has 0 spiro atoms. The number of carbonyl (C=O) groups excluding carboxylic acids is 1. The molecule has 0 radical (unpaired) electrons. The van der Waals surface area contributed by atoms with Gasteiger partial charge in [0.05, 0.1) is 6.61 Å². The Kier molecular flexibility index (Phi) is 9.29. The molecule has 22 heavy (non-hydrogen) atoms. The lowest BCUT2D eigenvalue weighted by molar-refractivity contribution is -0.112. The van der Waals surface area contributed by atoms with Gasteiger partial charge in [-0.1, -0.05) is 57.6 Å². The lowest BCUT2D eigenvalue weighted by Gasteiger charge is -2.07. The van der Waals surface area contributed by atoms with Crippen LogP contribution in [0.15, 0.2) is 30.3 Å². The zero-order valence-electron chi connectivity index (χ0n) is 14.4. The number of rotatable bonds is 11. The molecular formula is C20H30O2. The van der Waals surface area contributed by atoms with E-state index in [1.807, 2.05) is 31.2 Å². The third-order valence-electron chi connectivity index (χ3n) is 3.75. The third kappa shape index (κ3) is 8.02. The molecule has 0 aliphatic carbocycles. The predicted molar refractivity (Wildman–Crippen MR) is 94.3 cm³/mol. The van der Waals surface area contributed by atoms with Crippen LogP contribution in [0.2, 0.25) is 0 Å². The Morgan fingerprint density at radius 2 is 1.55 bits per heavy atom. The molecule has 0 saturated carbocycles. The van der Waals surface area contributed by atoms with Crippen LogP contribution in [0.25, 0.3) is 5.57 Å². The Hall–Kier alpha value is -1.57. The molecule has 0 fully saturated rings. The zero-order chi connectivity index (χ0) is 16.2. The molecular weight excluding hydrogens is 272 g/mol. The fraction of sp³-hybridized carbons (Fsp3) is 0.550. The van der Waals surface area contributed by atoms with E-state index in [1.54, 1.807) is 13.0 Å². The van der Waals surface area contributed by atoms with Crippen LogP contribution >= 0.6 is 0 Å². The minimum absolute atomic E-state index is 0.0803. The lowest BCUT2D eigenvalue weighted by Crippen LogP contribution is -1.97. The van der Waals surface area contributed by atoms with Crippen LogP contribution in [-0.4, -0.2) is 12.4 Å². The van der Waals surface area contributed by atoms with E-state index in [0.717, 1.165) is 29.9 Å². The maximum absolute atomic E-state index is 11.1. The summed E-state index contributed by atoms with van der Waals surface area (Å²) in [4.78, 5) is 11.1. The second-order valence-electron chi connectivity index (χ2n) is 5.93. The second kappa shape index (κ2) is 11.1. The molecule has 1 aromatic rings. The van der Waals surface area contributed by atoms with Gasteiger partial charge in [-0.05, 0) is 49.6 Å². The van der Waals surface area contributed by atoms with E-state index < -0.39 is 0 Å². The van der Waals surface area contributed by atoms with Gasteiger partial charge < -0.3 is 4.74 Å². The SMILES string of the molecule is CCCCCCCCCOc1ccc(/C(C)=C/C(C)=O)cc1. The van der Waals surface area contributed by atoms with Gasteiger partial charge in [-0.3, -0.25) is 4.79 Å². The van der Waals surface area contributed by atoms with Crippen LogP contribution in [0.1, 0.15) is 71.3 Å². The normalized spacial score (nSPS) is 11.5. The number of hydrogen-bond acceptors (Lipinski definition) is 2. The molecule has 122 valence electrons. The molecule has 0 aliphatic heterocycles. The quantitative estimate of drug-likeness (QED) is 0.381. The molecule has 1 aromatic carbocycles. The fourth-order valence-electron chi connectivity index (χ4n) is 2.45. The third-order valence-corrected chi connectivity index (χ3v) is 3.75. The van der Waals surface area contributed by atoms with Crippen molar-refractivity contribution in [2.75, 3.05) is 6.61 Å². The summed E-state index contributed by atoms with van der Waals surface area (Å²) in [6.45, 7) is 6.56. The highest BCUT2D eigenvalue weighted by molar-refractivity contribution is 5.94. The molecule has 0 bridgehead atoms. The minimum atomic E-state index is 0.0803. The Morgan fingerprint density at radius 1 is 0.955 bits per heavy atom. The molecule has 2 heteroatoms. The molecule has 0 atom stereocenters. The van der Waals surface area contributed by atoms with E-state index >= 15 is 0 Å². The second-order valence-corrected chi connectivity index (χ2v) is 5.93. The van der Waals surface area contributed by atoms with E-state index in [2.05, 4.69) is 6.92 Å². The van der Waals surface area contributed by atoms with Gasteiger partial charge in [-0.25, -0.2) is 0 Å². The smallest absolute Gasteiger partial charge is 0.152 e. The number of ketones is 1. The first-order chi connectivity index (χ1) is 10.6. The van der Waals surface area contributed by atoms with Crippen molar-refractivity contribution in [2.45, 2.75) is 65.7 Å². The van der Waals surface area contributed by atoms with Crippen molar-refractivity contribution in [3.63, 3.8) is 0 Å². The average Bonchev–Trinajstić information content (AvgIpc) is 2.50. The van der Waals surface area contributed by atoms with Gasteiger partial charge in [0.2, 0.25) is 0 Å². The van der Waals surface area contributed by atoms with Crippen molar-refractivity contribution in [2.24, 2.45) is 0 Å². The molecule has 1 rings (SSSR count). The number of hydrogen-bond donors (Lipinski definition) is 0. The van der Waals surface area contributed by atoms with Crippen molar-refractivity contribution in [3.8, 4) is 5.75 Å². The largest absolute Gasteiger partial charge is 0.494 e. The van der Waals surface area contributed by atoms with Gasteiger partial charge in [-0.15, -0.1) is 0 Å². The van der Waals surface area contributed by atoms with Gasteiger partial charge in [-0.2, -0.15) is 0 Å². The summed E-state index contributed by atoms with van der Waals surface area (Å²) in [6.07, 6.45) is 10.7. The summed E-state index contributed by atoms with van der Waals surface area (Å²) in [5, 5.41) is 0. The van der Waals surface area contributed by atoms with Crippen LogP contribution in [0.3, 0.4) is 0 Å². The molecule has 0 aromatic heterocycles. The molecule has 0 amide bonds.